The molecule has 0 spiro atoms. The molecule has 15 heavy (non-hydrogen) atoms. The van der Waals surface area contributed by atoms with E-state index in [2.05, 4.69) is 0 Å². The molecule has 0 unspecified atom stereocenters. The van der Waals surface area contributed by atoms with Crippen LogP contribution >= 0.6 is 11.3 Å². The Kier molecular flexibility index (Phi) is 3.31. The van der Waals surface area contributed by atoms with Gasteiger partial charge in [-0.3, -0.25) is 9.59 Å². The van der Waals surface area contributed by atoms with Crippen LogP contribution in [0.25, 0.3) is 0 Å². The van der Waals surface area contributed by atoms with Crippen LogP contribution in [0.1, 0.15) is 52.1 Å². The lowest BCUT2D eigenvalue weighted by Crippen LogP contribution is -2.17. The van der Waals surface area contributed by atoms with Gasteiger partial charge in [0.1, 0.15) is 0 Å². The second kappa shape index (κ2) is 4.71. The summed E-state index contributed by atoms with van der Waals surface area (Å²) in [5.41, 5.74) is 0.731. The van der Waals surface area contributed by atoms with Gasteiger partial charge in [0.2, 0.25) is 0 Å². The lowest BCUT2D eigenvalue weighted by Gasteiger charge is -2.19. The molecule has 80 valence electrons. The van der Waals surface area contributed by atoms with Crippen molar-refractivity contribution in [1.82, 2.24) is 0 Å². The fourth-order valence-corrected chi connectivity index (χ4v) is 2.84. The monoisotopic (exact) mass is 222 g/mol. The molecule has 1 fully saturated rings. The summed E-state index contributed by atoms with van der Waals surface area (Å²) >= 11 is 1.35. The molecular weight excluding hydrogens is 208 g/mol. The standard InChI is InChI=1S/C12H14O2S/c13-7-11-6-10(8-15-11)12(14)9-4-2-1-3-5-9/h6-9H,1-5H2. The van der Waals surface area contributed by atoms with Gasteiger partial charge in [0.05, 0.1) is 4.88 Å². The molecule has 1 aromatic heterocycles. The quantitative estimate of drug-likeness (QED) is 0.580. The number of thiophene rings is 1. The minimum absolute atomic E-state index is 0.202. The van der Waals surface area contributed by atoms with Crippen molar-refractivity contribution in [2.45, 2.75) is 32.1 Å². The molecule has 0 saturated heterocycles. The highest BCUT2D eigenvalue weighted by Crippen LogP contribution is 2.28. The van der Waals surface area contributed by atoms with Crippen LogP contribution in [-0.4, -0.2) is 12.1 Å². The van der Waals surface area contributed by atoms with E-state index in [-0.39, 0.29) is 11.7 Å². The van der Waals surface area contributed by atoms with Crippen LogP contribution in [0.3, 0.4) is 0 Å². The van der Waals surface area contributed by atoms with Gasteiger partial charge in [0.15, 0.2) is 12.1 Å². The Hall–Kier alpha value is -0.960. The molecule has 0 atom stereocenters. The summed E-state index contributed by atoms with van der Waals surface area (Å²) < 4.78 is 0. The van der Waals surface area contributed by atoms with Crippen LogP contribution in [0.2, 0.25) is 0 Å². The van der Waals surface area contributed by atoms with E-state index in [1.165, 1.54) is 30.6 Å². The molecule has 2 rings (SSSR count). The number of rotatable bonds is 3. The first-order valence-electron chi connectivity index (χ1n) is 5.39. The van der Waals surface area contributed by atoms with Crippen molar-refractivity contribution < 1.29 is 9.59 Å². The minimum atomic E-state index is 0.202. The van der Waals surface area contributed by atoms with E-state index in [0.717, 1.165) is 24.7 Å². The van der Waals surface area contributed by atoms with Crippen LogP contribution in [0.4, 0.5) is 0 Å². The van der Waals surface area contributed by atoms with E-state index in [1.54, 1.807) is 11.4 Å². The maximum atomic E-state index is 12.0. The number of hydrogen-bond donors (Lipinski definition) is 0. The third-order valence-corrected chi connectivity index (χ3v) is 3.85. The summed E-state index contributed by atoms with van der Waals surface area (Å²) in [7, 11) is 0. The first-order chi connectivity index (χ1) is 7.31. The second-order valence-electron chi connectivity index (χ2n) is 4.05. The Morgan fingerprint density at radius 2 is 2.07 bits per heavy atom. The molecule has 0 radical (unpaired) electrons. The lowest BCUT2D eigenvalue weighted by atomic mass is 9.84. The zero-order valence-electron chi connectivity index (χ0n) is 8.57. The highest BCUT2D eigenvalue weighted by Gasteiger charge is 2.22. The molecule has 1 aromatic rings. The number of carbonyl (C=O) groups is 2. The van der Waals surface area contributed by atoms with E-state index in [1.807, 2.05) is 0 Å². The van der Waals surface area contributed by atoms with Crippen LogP contribution in [-0.2, 0) is 0 Å². The number of carbonyl (C=O) groups excluding carboxylic acids is 2. The summed E-state index contributed by atoms with van der Waals surface area (Å²) in [6.45, 7) is 0. The van der Waals surface area contributed by atoms with Gasteiger partial charge in [-0.25, -0.2) is 0 Å². The number of aldehydes is 1. The summed E-state index contributed by atoms with van der Waals surface area (Å²) in [5.74, 6) is 0.437. The third kappa shape index (κ3) is 2.34. The van der Waals surface area contributed by atoms with Crippen LogP contribution < -0.4 is 0 Å². The largest absolute Gasteiger partial charge is 0.297 e. The first-order valence-corrected chi connectivity index (χ1v) is 6.27. The second-order valence-corrected chi connectivity index (χ2v) is 5.00. The lowest BCUT2D eigenvalue weighted by molar-refractivity contribution is 0.0890. The topological polar surface area (TPSA) is 34.1 Å². The Bertz CT molecular complexity index is 361. The molecule has 0 amide bonds. The molecule has 1 saturated carbocycles. The van der Waals surface area contributed by atoms with Gasteiger partial charge in [0, 0.05) is 16.9 Å². The van der Waals surface area contributed by atoms with Crippen LogP contribution in [0.15, 0.2) is 11.4 Å². The molecule has 2 nitrogen and oxygen atoms in total. The van der Waals surface area contributed by atoms with Crippen LogP contribution in [0, 0.1) is 5.92 Å². The highest BCUT2D eigenvalue weighted by molar-refractivity contribution is 7.12. The maximum Gasteiger partial charge on any atom is 0.166 e. The van der Waals surface area contributed by atoms with Gasteiger partial charge >= 0.3 is 0 Å². The fourth-order valence-electron chi connectivity index (χ4n) is 2.14. The van der Waals surface area contributed by atoms with E-state index in [0.29, 0.717) is 4.88 Å². The summed E-state index contributed by atoms with van der Waals surface area (Å²) in [6, 6.07) is 1.72. The van der Waals surface area contributed by atoms with E-state index < -0.39 is 0 Å². The molecule has 0 aromatic carbocycles. The summed E-state index contributed by atoms with van der Waals surface area (Å²) in [6.07, 6.45) is 6.44. The van der Waals surface area contributed by atoms with E-state index >= 15 is 0 Å². The first kappa shape index (κ1) is 10.6. The number of Topliss-reactive ketones (excluding diaryl/α,β-unsaturated/α-hetero) is 1. The average molecular weight is 222 g/mol. The van der Waals surface area contributed by atoms with Crippen molar-refractivity contribution in [3.05, 3.63) is 21.9 Å². The molecule has 0 aliphatic heterocycles. The SMILES string of the molecule is O=Cc1cc(C(=O)C2CCCCC2)cs1. The predicted octanol–water partition coefficient (Wildman–Crippen LogP) is 3.32. The molecular formula is C12H14O2S. The van der Waals surface area contributed by atoms with Gasteiger partial charge in [-0.15, -0.1) is 11.3 Å². The molecule has 1 heterocycles. The number of ketones is 1. The zero-order chi connectivity index (χ0) is 10.7. The van der Waals surface area contributed by atoms with Gasteiger partial charge in [0.25, 0.3) is 0 Å². The van der Waals surface area contributed by atoms with Crippen molar-refractivity contribution >= 4 is 23.4 Å². The summed E-state index contributed by atoms with van der Waals surface area (Å²) in [5, 5.41) is 1.81. The third-order valence-electron chi connectivity index (χ3n) is 3.00. The van der Waals surface area contributed by atoms with E-state index in [9.17, 15) is 9.59 Å². The smallest absolute Gasteiger partial charge is 0.166 e. The Balaban J connectivity index is 2.08. The zero-order valence-corrected chi connectivity index (χ0v) is 9.39. The Morgan fingerprint density at radius 1 is 1.33 bits per heavy atom. The molecule has 3 heteroatoms. The van der Waals surface area contributed by atoms with Gasteiger partial charge < -0.3 is 0 Å². The molecule has 0 bridgehead atoms. The van der Waals surface area contributed by atoms with Crippen molar-refractivity contribution in [1.29, 1.82) is 0 Å². The van der Waals surface area contributed by atoms with Crippen molar-refractivity contribution in [2.75, 3.05) is 0 Å². The Morgan fingerprint density at radius 3 is 2.67 bits per heavy atom. The predicted molar refractivity (Wildman–Crippen MR) is 60.6 cm³/mol. The summed E-state index contributed by atoms with van der Waals surface area (Å²) in [4.78, 5) is 23.2. The average Bonchev–Trinajstić information content (AvgIpc) is 2.78. The highest BCUT2D eigenvalue weighted by atomic mass is 32.1. The molecule has 0 N–H and O–H groups in total. The molecule has 1 aliphatic rings. The van der Waals surface area contributed by atoms with Gasteiger partial charge in [-0.2, -0.15) is 0 Å². The van der Waals surface area contributed by atoms with Gasteiger partial charge in [-0.1, -0.05) is 19.3 Å². The van der Waals surface area contributed by atoms with E-state index in [4.69, 9.17) is 0 Å². The van der Waals surface area contributed by atoms with Crippen LogP contribution in [0.5, 0.6) is 0 Å². The van der Waals surface area contributed by atoms with Crippen molar-refractivity contribution in [3.8, 4) is 0 Å². The number of hydrogen-bond acceptors (Lipinski definition) is 3. The maximum absolute atomic E-state index is 12.0. The minimum Gasteiger partial charge on any atom is -0.297 e. The normalized spacial score (nSPS) is 17.6. The fraction of sp³-hybridized carbons (Fsp3) is 0.500. The van der Waals surface area contributed by atoms with Crippen molar-refractivity contribution in [3.63, 3.8) is 0 Å². The van der Waals surface area contributed by atoms with Gasteiger partial charge in [-0.05, 0) is 18.9 Å². The Labute approximate surface area is 93.3 Å². The van der Waals surface area contributed by atoms with Crippen molar-refractivity contribution in [2.24, 2.45) is 5.92 Å². The molecule has 1 aliphatic carbocycles.